The second-order valence-corrected chi connectivity index (χ2v) is 3.96. The molecule has 1 aromatic rings. The Bertz CT molecular complexity index is 289. The summed E-state index contributed by atoms with van der Waals surface area (Å²) in [5, 5.41) is 9.61. The summed E-state index contributed by atoms with van der Waals surface area (Å²) < 4.78 is 0. The molecule has 3 nitrogen and oxygen atoms in total. The van der Waals surface area contributed by atoms with Crippen LogP contribution in [-0.2, 0) is 0 Å². The molecule has 0 amide bonds. The van der Waals surface area contributed by atoms with Gasteiger partial charge in [0.2, 0.25) is 0 Å². The highest BCUT2D eigenvalue weighted by atomic mass is 16.3. The van der Waals surface area contributed by atoms with E-state index in [-0.39, 0.29) is 6.10 Å². The van der Waals surface area contributed by atoms with Crippen molar-refractivity contribution in [3.63, 3.8) is 0 Å². The van der Waals surface area contributed by atoms with Crippen LogP contribution in [0.2, 0.25) is 0 Å². The molecule has 2 unspecified atom stereocenters. The van der Waals surface area contributed by atoms with E-state index >= 15 is 0 Å². The lowest BCUT2D eigenvalue weighted by molar-refractivity contribution is 0.0551. The Kier molecular flexibility index (Phi) is 2.79. The van der Waals surface area contributed by atoms with E-state index in [2.05, 4.69) is 23.0 Å². The molecule has 1 saturated heterocycles. The average molecular weight is 192 g/mol. The van der Waals surface area contributed by atoms with Crippen LogP contribution in [-0.4, -0.2) is 34.7 Å². The number of likely N-dealkylation sites (tertiary alicyclic amines) is 1. The molecule has 1 N–H and O–H groups in total. The number of aliphatic hydroxyl groups is 1. The summed E-state index contributed by atoms with van der Waals surface area (Å²) >= 11 is 0. The molecule has 1 aromatic heterocycles. The van der Waals surface area contributed by atoms with Crippen LogP contribution < -0.4 is 0 Å². The van der Waals surface area contributed by atoms with Crippen molar-refractivity contribution in [2.24, 2.45) is 0 Å². The molecule has 0 radical (unpaired) electrons. The van der Waals surface area contributed by atoms with Crippen LogP contribution in [0.1, 0.15) is 24.4 Å². The van der Waals surface area contributed by atoms with E-state index in [0.29, 0.717) is 6.04 Å². The van der Waals surface area contributed by atoms with Crippen molar-refractivity contribution >= 4 is 0 Å². The van der Waals surface area contributed by atoms with Gasteiger partial charge in [0, 0.05) is 25.0 Å². The molecule has 76 valence electrons. The van der Waals surface area contributed by atoms with Gasteiger partial charge in [-0.05, 0) is 31.5 Å². The zero-order valence-corrected chi connectivity index (χ0v) is 8.43. The molecule has 0 saturated carbocycles. The number of pyridine rings is 1. The minimum Gasteiger partial charge on any atom is -0.393 e. The molecule has 0 bridgehead atoms. The largest absolute Gasteiger partial charge is 0.393 e. The zero-order chi connectivity index (χ0) is 9.97. The zero-order valence-electron chi connectivity index (χ0n) is 8.43. The number of hydrogen-bond donors (Lipinski definition) is 1. The predicted octanol–water partition coefficient (Wildman–Crippen LogP) is 1.21. The quantitative estimate of drug-likeness (QED) is 0.726. The van der Waals surface area contributed by atoms with Gasteiger partial charge in [0.1, 0.15) is 0 Å². The Balaban J connectivity index is 2.16. The summed E-state index contributed by atoms with van der Waals surface area (Å²) in [5.41, 5.74) is 1.20. The van der Waals surface area contributed by atoms with Gasteiger partial charge in [0.15, 0.2) is 0 Å². The van der Waals surface area contributed by atoms with E-state index in [4.69, 9.17) is 0 Å². The third kappa shape index (κ3) is 1.94. The average Bonchev–Trinajstić information content (AvgIpc) is 2.23. The minimum absolute atomic E-state index is 0.156. The molecule has 1 aliphatic rings. The van der Waals surface area contributed by atoms with Crippen molar-refractivity contribution in [3.8, 4) is 0 Å². The van der Waals surface area contributed by atoms with Crippen molar-refractivity contribution in [2.75, 3.05) is 13.6 Å². The fourth-order valence-corrected chi connectivity index (χ4v) is 2.03. The second kappa shape index (κ2) is 4.07. The fraction of sp³-hybridized carbons (Fsp3) is 0.545. The number of aromatic nitrogens is 1. The van der Waals surface area contributed by atoms with Crippen molar-refractivity contribution < 1.29 is 5.11 Å². The Morgan fingerprint density at radius 3 is 3.14 bits per heavy atom. The monoisotopic (exact) mass is 192 g/mol. The van der Waals surface area contributed by atoms with E-state index in [0.717, 1.165) is 19.4 Å². The van der Waals surface area contributed by atoms with Gasteiger partial charge in [-0.3, -0.25) is 9.88 Å². The van der Waals surface area contributed by atoms with Crippen LogP contribution in [0.15, 0.2) is 24.5 Å². The molecular weight excluding hydrogens is 176 g/mol. The first-order chi connectivity index (χ1) is 6.77. The summed E-state index contributed by atoms with van der Waals surface area (Å²) in [5.74, 6) is 0. The van der Waals surface area contributed by atoms with Crippen molar-refractivity contribution in [2.45, 2.75) is 25.0 Å². The lowest BCUT2D eigenvalue weighted by Crippen LogP contribution is -2.36. The van der Waals surface area contributed by atoms with E-state index < -0.39 is 0 Å². The van der Waals surface area contributed by atoms with Crippen molar-refractivity contribution in [1.29, 1.82) is 0 Å². The van der Waals surface area contributed by atoms with Crippen LogP contribution in [0.4, 0.5) is 0 Å². The summed E-state index contributed by atoms with van der Waals surface area (Å²) in [7, 11) is 2.10. The maximum Gasteiger partial charge on any atom is 0.0570 e. The molecule has 0 aromatic carbocycles. The first-order valence-corrected chi connectivity index (χ1v) is 5.05. The molecule has 1 fully saturated rings. The van der Waals surface area contributed by atoms with E-state index in [9.17, 15) is 5.11 Å². The molecule has 2 heterocycles. The van der Waals surface area contributed by atoms with Crippen molar-refractivity contribution in [3.05, 3.63) is 30.1 Å². The third-order valence-corrected chi connectivity index (χ3v) is 2.91. The SMILES string of the molecule is CN1CCC(O)CC1c1cccnc1. The Morgan fingerprint density at radius 1 is 1.57 bits per heavy atom. The predicted molar refractivity (Wildman–Crippen MR) is 54.8 cm³/mol. The summed E-state index contributed by atoms with van der Waals surface area (Å²) in [6, 6.07) is 4.35. The normalized spacial score (nSPS) is 29.0. The summed E-state index contributed by atoms with van der Waals surface area (Å²) in [4.78, 5) is 6.39. The maximum atomic E-state index is 9.61. The number of nitrogens with zero attached hydrogens (tertiary/aromatic N) is 2. The van der Waals surface area contributed by atoms with Gasteiger partial charge in [0.25, 0.3) is 0 Å². The van der Waals surface area contributed by atoms with Gasteiger partial charge in [-0.25, -0.2) is 0 Å². The van der Waals surface area contributed by atoms with Crippen LogP contribution in [0, 0.1) is 0 Å². The first-order valence-electron chi connectivity index (χ1n) is 5.05. The molecule has 2 rings (SSSR count). The molecule has 1 aliphatic heterocycles. The maximum absolute atomic E-state index is 9.61. The molecule has 0 spiro atoms. The fourth-order valence-electron chi connectivity index (χ4n) is 2.03. The molecule has 14 heavy (non-hydrogen) atoms. The van der Waals surface area contributed by atoms with Crippen LogP contribution in [0.25, 0.3) is 0 Å². The molecule has 2 atom stereocenters. The van der Waals surface area contributed by atoms with Gasteiger partial charge in [-0.1, -0.05) is 6.07 Å². The lowest BCUT2D eigenvalue weighted by atomic mass is 9.95. The van der Waals surface area contributed by atoms with Crippen molar-refractivity contribution in [1.82, 2.24) is 9.88 Å². The highest BCUT2D eigenvalue weighted by Crippen LogP contribution is 2.28. The van der Waals surface area contributed by atoms with Gasteiger partial charge in [-0.2, -0.15) is 0 Å². The van der Waals surface area contributed by atoms with Gasteiger partial charge in [0.05, 0.1) is 6.10 Å². The molecule has 3 heteroatoms. The first kappa shape index (κ1) is 9.62. The minimum atomic E-state index is -0.156. The van der Waals surface area contributed by atoms with Gasteiger partial charge in [-0.15, -0.1) is 0 Å². The lowest BCUT2D eigenvalue weighted by Gasteiger charge is -2.35. The number of hydrogen-bond acceptors (Lipinski definition) is 3. The smallest absolute Gasteiger partial charge is 0.0570 e. The Hall–Kier alpha value is -0.930. The highest BCUT2D eigenvalue weighted by Gasteiger charge is 2.25. The van der Waals surface area contributed by atoms with Crippen LogP contribution in [0.5, 0.6) is 0 Å². The van der Waals surface area contributed by atoms with Crippen LogP contribution >= 0.6 is 0 Å². The van der Waals surface area contributed by atoms with Gasteiger partial charge >= 0.3 is 0 Å². The molecule has 0 aliphatic carbocycles. The Morgan fingerprint density at radius 2 is 2.43 bits per heavy atom. The number of rotatable bonds is 1. The number of piperidine rings is 1. The van der Waals surface area contributed by atoms with E-state index in [1.807, 2.05) is 12.3 Å². The molecular formula is C11H16N2O. The second-order valence-electron chi connectivity index (χ2n) is 3.96. The third-order valence-electron chi connectivity index (χ3n) is 2.91. The van der Waals surface area contributed by atoms with E-state index in [1.165, 1.54) is 5.56 Å². The summed E-state index contributed by atoms with van der Waals surface area (Å²) in [6.07, 6.45) is 5.22. The van der Waals surface area contributed by atoms with Crippen LogP contribution in [0.3, 0.4) is 0 Å². The van der Waals surface area contributed by atoms with Gasteiger partial charge < -0.3 is 5.11 Å². The van der Waals surface area contributed by atoms with E-state index in [1.54, 1.807) is 6.20 Å². The number of aliphatic hydroxyl groups excluding tert-OH is 1. The highest BCUT2D eigenvalue weighted by molar-refractivity contribution is 5.14. The topological polar surface area (TPSA) is 36.4 Å². The summed E-state index contributed by atoms with van der Waals surface area (Å²) in [6.45, 7) is 0.959. The Labute approximate surface area is 84.4 Å². The standard InChI is InChI=1S/C11H16N2O/c1-13-6-4-10(14)7-11(13)9-3-2-5-12-8-9/h2-3,5,8,10-11,14H,4,6-7H2,1H3.